The molecule has 0 aliphatic heterocycles. The number of nitrogens with one attached hydrogen (secondary N) is 1. The SMILES string of the molecule is Cc1ccc(C(=O)Nc2ccc(F)c(Cl)c2)cc1Cc1ncccc1-c1ccncn1. The van der Waals surface area contributed by atoms with Crippen LogP contribution in [0.25, 0.3) is 11.3 Å². The van der Waals surface area contributed by atoms with Crippen molar-refractivity contribution >= 4 is 23.2 Å². The zero-order valence-electron chi connectivity index (χ0n) is 16.6. The molecule has 0 saturated heterocycles. The maximum atomic E-state index is 13.4. The van der Waals surface area contributed by atoms with Gasteiger partial charge < -0.3 is 5.32 Å². The van der Waals surface area contributed by atoms with Crippen molar-refractivity contribution in [1.82, 2.24) is 15.0 Å². The van der Waals surface area contributed by atoms with E-state index in [1.807, 2.05) is 37.3 Å². The number of pyridine rings is 1. The second kappa shape index (κ2) is 9.02. The first-order valence-corrected chi connectivity index (χ1v) is 9.95. The highest BCUT2D eigenvalue weighted by Crippen LogP contribution is 2.24. The molecule has 0 atom stereocenters. The molecule has 4 aromatic rings. The van der Waals surface area contributed by atoms with Crippen molar-refractivity contribution in [3.8, 4) is 11.3 Å². The quantitative estimate of drug-likeness (QED) is 0.453. The lowest BCUT2D eigenvalue weighted by Gasteiger charge is -2.12. The summed E-state index contributed by atoms with van der Waals surface area (Å²) in [5.74, 6) is -0.840. The number of anilines is 1. The molecule has 0 saturated carbocycles. The van der Waals surface area contributed by atoms with Crippen molar-refractivity contribution < 1.29 is 9.18 Å². The molecule has 31 heavy (non-hydrogen) atoms. The molecule has 0 aliphatic carbocycles. The number of benzene rings is 2. The number of carbonyl (C=O) groups excluding carboxylic acids is 1. The third-order valence-corrected chi connectivity index (χ3v) is 5.18. The summed E-state index contributed by atoms with van der Waals surface area (Å²) in [6, 6.07) is 15.2. The first-order valence-electron chi connectivity index (χ1n) is 9.57. The molecular weight excluding hydrogens is 415 g/mol. The molecule has 0 fully saturated rings. The smallest absolute Gasteiger partial charge is 0.255 e. The zero-order chi connectivity index (χ0) is 21.8. The van der Waals surface area contributed by atoms with Crippen LogP contribution in [0.15, 0.2) is 73.3 Å². The number of nitrogens with zero attached hydrogens (tertiary/aromatic N) is 3. The second-order valence-corrected chi connectivity index (χ2v) is 7.40. The van der Waals surface area contributed by atoms with Gasteiger partial charge in [0.15, 0.2) is 0 Å². The van der Waals surface area contributed by atoms with E-state index in [9.17, 15) is 9.18 Å². The minimum atomic E-state index is -0.535. The number of hydrogen-bond acceptors (Lipinski definition) is 4. The van der Waals surface area contributed by atoms with Crippen LogP contribution in [-0.2, 0) is 6.42 Å². The van der Waals surface area contributed by atoms with E-state index in [2.05, 4.69) is 20.3 Å². The Kier molecular flexibility index (Phi) is 6.00. The van der Waals surface area contributed by atoms with Crippen LogP contribution in [0.1, 0.15) is 27.2 Å². The molecule has 1 N–H and O–H groups in total. The lowest BCUT2D eigenvalue weighted by molar-refractivity contribution is 0.102. The van der Waals surface area contributed by atoms with Gasteiger partial charge in [0.25, 0.3) is 5.91 Å². The van der Waals surface area contributed by atoms with Crippen LogP contribution in [-0.4, -0.2) is 20.9 Å². The summed E-state index contributed by atoms with van der Waals surface area (Å²) in [7, 11) is 0. The highest BCUT2D eigenvalue weighted by atomic mass is 35.5. The topological polar surface area (TPSA) is 67.8 Å². The van der Waals surface area contributed by atoms with Crippen LogP contribution in [0.3, 0.4) is 0 Å². The van der Waals surface area contributed by atoms with E-state index in [0.29, 0.717) is 17.7 Å². The monoisotopic (exact) mass is 432 g/mol. The van der Waals surface area contributed by atoms with Crippen LogP contribution in [0.4, 0.5) is 10.1 Å². The van der Waals surface area contributed by atoms with Crippen LogP contribution < -0.4 is 5.32 Å². The summed E-state index contributed by atoms with van der Waals surface area (Å²) in [4.78, 5) is 25.6. The number of aryl methyl sites for hydroxylation is 1. The van der Waals surface area contributed by atoms with Gasteiger partial charge in [0.2, 0.25) is 0 Å². The molecule has 2 aromatic heterocycles. The van der Waals surface area contributed by atoms with Crippen LogP contribution >= 0.6 is 11.6 Å². The number of hydrogen-bond donors (Lipinski definition) is 1. The lowest BCUT2D eigenvalue weighted by atomic mass is 9.97. The predicted octanol–water partition coefficient (Wildman–Crippen LogP) is 5.48. The van der Waals surface area contributed by atoms with E-state index >= 15 is 0 Å². The van der Waals surface area contributed by atoms with Crippen molar-refractivity contribution in [3.05, 3.63) is 107 Å². The van der Waals surface area contributed by atoms with Gasteiger partial charge in [0.05, 0.1) is 16.4 Å². The Morgan fingerprint density at radius 2 is 1.94 bits per heavy atom. The molecule has 1 amide bonds. The average Bonchev–Trinajstić information content (AvgIpc) is 2.78. The summed E-state index contributed by atoms with van der Waals surface area (Å²) in [6.45, 7) is 1.99. The molecule has 5 nitrogen and oxygen atoms in total. The highest BCUT2D eigenvalue weighted by Gasteiger charge is 2.13. The van der Waals surface area contributed by atoms with E-state index in [1.54, 1.807) is 18.5 Å². The third kappa shape index (κ3) is 4.75. The molecule has 0 bridgehead atoms. The van der Waals surface area contributed by atoms with Gasteiger partial charge in [-0.3, -0.25) is 9.78 Å². The molecule has 2 heterocycles. The normalized spacial score (nSPS) is 10.7. The summed E-state index contributed by atoms with van der Waals surface area (Å²) >= 11 is 5.80. The van der Waals surface area contributed by atoms with Crippen LogP contribution in [0, 0.1) is 12.7 Å². The Balaban J connectivity index is 1.61. The fraction of sp³-hybridized carbons (Fsp3) is 0.0833. The van der Waals surface area contributed by atoms with Crippen LogP contribution in [0.2, 0.25) is 5.02 Å². The summed E-state index contributed by atoms with van der Waals surface area (Å²) < 4.78 is 13.4. The van der Waals surface area contributed by atoms with E-state index in [0.717, 1.165) is 28.1 Å². The van der Waals surface area contributed by atoms with E-state index in [4.69, 9.17) is 11.6 Å². The summed E-state index contributed by atoms with van der Waals surface area (Å²) in [5, 5.41) is 2.70. The molecule has 0 radical (unpaired) electrons. The largest absolute Gasteiger partial charge is 0.322 e. The van der Waals surface area contributed by atoms with E-state index < -0.39 is 5.82 Å². The minimum absolute atomic E-state index is 0.0465. The molecule has 7 heteroatoms. The van der Waals surface area contributed by atoms with Gasteiger partial charge in [-0.05, 0) is 66.6 Å². The standard InChI is InChI=1S/C24H18ClFN4O/c1-15-4-5-16(24(31)30-18-6-7-21(26)20(25)13-18)11-17(15)12-23-19(3-2-9-28-23)22-8-10-27-14-29-22/h2-11,13-14H,12H2,1H3,(H,30,31). The first-order chi connectivity index (χ1) is 15.0. The van der Waals surface area contributed by atoms with Gasteiger partial charge >= 0.3 is 0 Å². The zero-order valence-corrected chi connectivity index (χ0v) is 17.4. The summed E-state index contributed by atoms with van der Waals surface area (Å²) in [5.41, 5.74) is 5.49. The number of amides is 1. The third-order valence-electron chi connectivity index (χ3n) is 4.89. The Morgan fingerprint density at radius 1 is 1.06 bits per heavy atom. The Labute approximate surface area is 184 Å². The van der Waals surface area contributed by atoms with Gasteiger partial charge in [0.1, 0.15) is 12.1 Å². The molecular formula is C24H18ClFN4O. The Hall–Kier alpha value is -3.64. The molecule has 0 aliphatic rings. The van der Waals surface area contributed by atoms with Crippen molar-refractivity contribution in [1.29, 1.82) is 0 Å². The van der Waals surface area contributed by atoms with Crippen molar-refractivity contribution in [3.63, 3.8) is 0 Å². The Bertz CT molecular complexity index is 1250. The second-order valence-electron chi connectivity index (χ2n) is 6.99. The number of halogens is 2. The fourth-order valence-electron chi connectivity index (χ4n) is 3.22. The summed E-state index contributed by atoms with van der Waals surface area (Å²) in [6.07, 6.45) is 5.47. The van der Waals surface area contributed by atoms with Crippen molar-refractivity contribution in [2.75, 3.05) is 5.32 Å². The minimum Gasteiger partial charge on any atom is -0.322 e. The van der Waals surface area contributed by atoms with Gasteiger partial charge in [-0.15, -0.1) is 0 Å². The molecule has 154 valence electrons. The highest BCUT2D eigenvalue weighted by molar-refractivity contribution is 6.31. The van der Waals surface area contributed by atoms with Crippen LogP contribution in [0.5, 0.6) is 0 Å². The van der Waals surface area contributed by atoms with Gasteiger partial charge in [-0.2, -0.15) is 0 Å². The van der Waals surface area contributed by atoms with E-state index in [-0.39, 0.29) is 10.9 Å². The van der Waals surface area contributed by atoms with Gasteiger partial charge in [-0.25, -0.2) is 14.4 Å². The fourth-order valence-corrected chi connectivity index (χ4v) is 3.40. The first kappa shape index (κ1) is 20.6. The maximum Gasteiger partial charge on any atom is 0.255 e. The number of carbonyl (C=O) groups is 1. The molecule has 4 rings (SSSR count). The lowest BCUT2D eigenvalue weighted by Crippen LogP contribution is -2.13. The maximum absolute atomic E-state index is 13.4. The molecule has 0 unspecified atom stereocenters. The van der Waals surface area contributed by atoms with Crippen molar-refractivity contribution in [2.24, 2.45) is 0 Å². The molecule has 0 spiro atoms. The van der Waals surface area contributed by atoms with E-state index in [1.165, 1.54) is 24.5 Å². The average molecular weight is 433 g/mol. The predicted molar refractivity (Wildman–Crippen MR) is 119 cm³/mol. The van der Waals surface area contributed by atoms with Gasteiger partial charge in [0, 0.05) is 35.6 Å². The number of rotatable bonds is 5. The number of aromatic nitrogens is 3. The Morgan fingerprint density at radius 3 is 2.71 bits per heavy atom. The van der Waals surface area contributed by atoms with Gasteiger partial charge in [-0.1, -0.05) is 17.7 Å². The van der Waals surface area contributed by atoms with Crippen molar-refractivity contribution in [2.45, 2.75) is 13.3 Å². The molecule has 2 aromatic carbocycles.